The Bertz CT molecular complexity index is 5240. The van der Waals surface area contributed by atoms with Crippen LogP contribution in [-0.4, -0.2) is 23.7 Å². The molecule has 5 nitrogen and oxygen atoms in total. The molecular formula is C82H57N5. The first-order chi connectivity index (χ1) is 42.6. The molecule has 0 fully saturated rings. The van der Waals surface area contributed by atoms with E-state index in [4.69, 9.17) is 9.97 Å². The molecule has 0 aliphatic heterocycles. The summed E-state index contributed by atoms with van der Waals surface area (Å²) in [7, 11) is 0. The van der Waals surface area contributed by atoms with Crippen molar-refractivity contribution in [2.75, 3.05) is 0 Å². The normalized spacial score (nSPS) is 13.7. The van der Waals surface area contributed by atoms with Gasteiger partial charge in [0.2, 0.25) is 5.95 Å². The average molecular weight is 1110 g/mol. The van der Waals surface area contributed by atoms with Gasteiger partial charge in [-0.1, -0.05) is 210 Å². The van der Waals surface area contributed by atoms with Crippen LogP contribution < -0.4 is 0 Å². The van der Waals surface area contributed by atoms with E-state index in [9.17, 15) is 0 Å². The minimum absolute atomic E-state index is 0.109. The summed E-state index contributed by atoms with van der Waals surface area (Å²) in [6.45, 7) is 9.45. The van der Waals surface area contributed by atoms with Crippen molar-refractivity contribution in [2.24, 2.45) is 0 Å². The molecule has 0 bridgehead atoms. The van der Waals surface area contributed by atoms with Crippen LogP contribution in [0.3, 0.4) is 0 Å². The van der Waals surface area contributed by atoms with Gasteiger partial charge in [-0.25, -0.2) is 9.97 Å². The maximum atomic E-state index is 5.44. The van der Waals surface area contributed by atoms with Gasteiger partial charge in [-0.3, -0.25) is 4.57 Å². The lowest BCUT2D eigenvalue weighted by Crippen LogP contribution is -2.15. The second-order valence-electron chi connectivity index (χ2n) is 24.9. The van der Waals surface area contributed by atoms with Crippen molar-refractivity contribution in [1.82, 2.24) is 23.7 Å². The third-order valence-corrected chi connectivity index (χ3v) is 19.5. The standard InChI is InChI=1S/C82H57N5/c1-81(2)68-27-15-11-23-58(68)60-37-35-56(47-70(60)81)85-74-29-17-13-25-62(74)64-43-52(31-39-76(64)85)54-33-41-78-66(45-54)67-46-55(34-42-79(67)87(78)80-83-72(50-19-7-5-8-20-50)49-73(84-80)51-21-9-6-10-22-51)53-32-40-77-65(44-53)63-26-14-18-30-75(63)86(77)57-36-38-61-59-24-12-16-28-69(59)82(3,4)71(61)48-57/h5-49H,1-4H3. The number of nitrogens with zero attached hydrogens (tertiary/aromatic N) is 5. The molecule has 0 saturated heterocycles. The largest absolute Gasteiger partial charge is 0.309 e. The molecule has 4 aromatic heterocycles. The molecule has 4 heterocycles. The number of benzene rings is 12. The quantitative estimate of drug-likeness (QED) is 0.160. The third-order valence-electron chi connectivity index (χ3n) is 19.5. The van der Waals surface area contributed by atoms with Gasteiger partial charge in [0.05, 0.1) is 44.5 Å². The minimum Gasteiger partial charge on any atom is -0.309 e. The SMILES string of the molecule is CC1(C)c2ccccc2-c2ccc(-n3c4ccccc4c4cc(-c5ccc6c(c5)c5cc(-c7ccc8c(c7)c7ccccc7n8-c7ccc8c(c7)C(C)(C)c7ccccc7-8)ccc5n6-c5nc(-c6ccccc6)cc(-c6ccccc6)n5)ccc43)cc21. The van der Waals surface area contributed by atoms with Crippen molar-refractivity contribution < 1.29 is 0 Å². The number of hydrogen-bond donors (Lipinski definition) is 0. The third kappa shape index (κ3) is 7.27. The van der Waals surface area contributed by atoms with E-state index in [0.29, 0.717) is 5.95 Å². The van der Waals surface area contributed by atoms with Gasteiger partial charge in [0, 0.05) is 65.6 Å². The predicted octanol–water partition coefficient (Wildman–Crippen LogP) is 21.0. The molecule has 410 valence electrons. The molecule has 0 amide bonds. The van der Waals surface area contributed by atoms with Crippen molar-refractivity contribution in [3.8, 4) is 84.3 Å². The zero-order valence-corrected chi connectivity index (χ0v) is 48.7. The fourth-order valence-electron chi connectivity index (χ4n) is 15.2. The molecule has 0 spiro atoms. The minimum atomic E-state index is -0.109. The first kappa shape index (κ1) is 49.5. The summed E-state index contributed by atoms with van der Waals surface area (Å²) in [6.07, 6.45) is 0. The van der Waals surface area contributed by atoms with Gasteiger partial charge < -0.3 is 9.13 Å². The molecule has 0 N–H and O–H groups in total. The summed E-state index contributed by atoms with van der Waals surface area (Å²) in [5, 5.41) is 7.15. The van der Waals surface area contributed by atoms with Crippen molar-refractivity contribution >= 4 is 65.4 Å². The van der Waals surface area contributed by atoms with Crippen LogP contribution >= 0.6 is 0 Å². The van der Waals surface area contributed by atoms with E-state index in [1.807, 2.05) is 0 Å². The lowest BCUT2D eigenvalue weighted by Gasteiger charge is -2.22. The molecule has 0 unspecified atom stereocenters. The average Bonchev–Trinajstić information content (AvgIpc) is 1.94. The van der Waals surface area contributed by atoms with E-state index < -0.39 is 0 Å². The first-order valence-electron chi connectivity index (χ1n) is 30.3. The number of fused-ring (bicyclic) bond motifs is 15. The van der Waals surface area contributed by atoms with Crippen molar-refractivity contribution in [3.63, 3.8) is 0 Å². The van der Waals surface area contributed by atoms with E-state index in [-0.39, 0.29) is 10.8 Å². The van der Waals surface area contributed by atoms with Crippen LogP contribution in [0, 0.1) is 0 Å². The second kappa shape index (κ2) is 18.3. The maximum absolute atomic E-state index is 5.44. The number of rotatable bonds is 7. The lowest BCUT2D eigenvalue weighted by molar-refractivity contribution is 0.660. The van der Waals surface area contributed by atoms with E-state index in [2.05, 4.69) is 314 Å². The molecule has 12 aromatic carbocycles. The van der Waals surface area contributed by atoms with Crippen molar-refractivity contribution in [3.05, 3.63) is 295 Å². The van der Waals surface area contributed by atoms with E-state index in [0.717, 1.165) is 66.6 Å². The van der Waals surface area contributed by atoms with Crippen molar-refractivity contribution in [2.45, 2.75) is 38.5 Å². The Labute approximate surface area is 504 Å². The van der Waals surface area contributed by atoms with Gasteiger partial charge >= 0.3 is 0 Å². The molecule has 2 aliphatic rings. The predicted molar refractivity (Wildman–Crippen MR) is 362 cm³/mol. The summed E-state index contributed by atoms with van der Waals surface area (Å²) in [5.74, 6) is 0.622. The molecule has 0 saturated carbocycles. The summed E-state index contributed by atoms with van der Waals surface area (Å²) < 4.78 is 7.19. The van der Waals surface area contributed by atoms with Gasteiger partial charge in [-0.05, 0) is 158 Å². The molecule has 18 rings (SSSR count). The van der Waals surface area contributed by atoms with Gasteiger partial charge in [-0.15, -0.1) is 0 Å². The van der Waals surface area contributed by atoms with Crippen LogP contribution in [0.25, 0.3) is 150 Å². The molecule has 2 aliphatic carbocycles. The Kier molecular flexibility index (Phi) is 10.4. The second-order valence-corrected chi connectivity index (χ2v) is 24.9. The van der Waals surface area contributed by atoms with E-state index >= 15 is 0 Å². The van der Waals surface area contributed by atoms with Crippen LogP contribution in [0.2, 0.25) is 0 Å². The van der Waals surface area contributed by atoms with Crippen LogP contribution in [0.15, 0.2) is 273 Å². The number of para-hydroxylation sites is 2. The topological polar surface area (TPSA) is 40.6 Å². The molecule has 16 aromatic rings. The molecule has 0 radical (unpaired) electrons. The highest BCUT2D eigenvalue weighted by Crippen LogP contribution is 2.52. The highest BCUT2D eigenvalue weighted by Gasteiger charge is 2.37. The van der Waals surface area contributed by atoms with Crippen LogP contribution in [-0.2, 0) is 10.8 Å². The first-order valence-corrected chi connectivity index (χ1v) is 30.3. The summed E-state index contributed by atoms with van der Waals surface area (Å²) in [4.78, 5) is 10.9. The number of hydrogen-bond acceptors (Lipinski definition) is 2. The van der Waals surface area contributed by atoms with E-state index in [1.54, 1.807) is 0 Å². The van der Waals surface area contributed by atoms with Gasteiger partial charge in [0.25, 0.3) is 0 Å². The lowest BCUT2D eigenvalue weighted by atomic mass is 9.82. The number of aromatic nitrogens is 5. The maximum Gasteiger partial charge on any atom is 0.235 e. The fourth-order valence-corrected chi connectivity index (χ4v) is 15.2. The Morgan fingerprint density at radius 1 is 0.241 bits per heavy atom. The Hall–Kier alpha value is -10.9. The van der Waals surface area contributed by atoms with Gasteiger partial charge in [0.15, 0.2) is 0 Å². The fraction of sp³-hybridized carbons (Fsp3) is 0.0732. The van der Waals surface area contributed by atoms with Crippen molar-refractivity contribution in [1.29, 1.82) is 0 Å². The van der Waals surface area contributed by atoms with Gasteiger partial charge in [0.1, 0.15) is 0 Å². The molecule has 87 heavy (non-hydrogen) atoms. The Balaban J connectivity index is 0.813. The highest BCUT2D eigenvalue weighted by atomic mass is 15.2. The monoisotopic (exact) mass is 1110 g/mol. The summed E-state index contributed by atoms with van der Waals surface area (Å²) in [6, 6.07) is 101. The Morgan fingerprint density at radius 2 is 0.575 bits per heavy atom. The Morgan fingerprint density at radius 3 is 1.00 bits per heavy atom. The zero-order chi connectivity index (χ0) is 57.9. The van der Waals surface area contributed by atoms with Crippen LogP contribution in [0.5, 0.6) is 0 Å². The van der Waals surface area contributed by atoms with Crippen LogP contribution in [0.4, 0.5) is 0 Å². The molecular weight excluding hydrogens is 1050 g/mol. The summed E-state index contributed by atoms with van der Waals surface area (Å²) >= 11 is 0. The smallest absolute Gasteiger partial charge is 0.235 e. The van der Waals surface area contributed by atoms with Crippen LogP contribution in [0.1, 0.15) is 49.9 Å². The molecule has 0 atom stereocenters. The molecule has 5 heteroatoms. The van der Waals surface area contributed by atoms with Gasteiger partial charge in [-0.2, -0.15) is 0 Å². The zero-order valence-electron chi connectivity index (χ0n) is 48.7. The van der Waals surface area contributed by atoms with E-state index in [1.165, 1.54) is 99.5 Å². The highest BCUT2D eigenvalue weighted by molar-refractivity contribution is 6.15. The summed E-state index contributed by atoms with van der Waals surface area (Å²) in [5.41, 5.74) is 28.2.